The SMILES string of the molecule is NC1=N[C@@](Cc2cc(NC(=O)c3ncc(=O)[nH]c3N)ccc2F)(C(F)F)CNC1. The van der Waals surface area contributed by atoms with Crippen LogP contribution in [-0.2, 0) is 6.42 Å². The number of rotatable bonds is 5. The van der Waals surface area contributed by atoms with Crippen LogP contribution in [0.15, 0.2) is 34.2 Å². The van der Waals surface area contributed by atoms with Gasteiger partial charge in [0.25, 0.3) is 17.9 Å². The number of aliphatic imine (C=N–C) groups is 1. The molecule has 1 aromatic heterocycles. The number of hydrogen-bond donors (Lipinski definition) is 5. The molecule has 2 heterocycles. The summed E-state index contributed by atoms with van der Waals surface area (Å²) >= 11 is 0. The Morgan fingerprint density at radius 3 is 2.76 bits per heavy atom. The third-order valence-electron chi connectivity index (χ3n) is 4.35. The smallest absolute Gasteiger partial charge is 0.278 e. The molecular formula is C17H18F3N7O2. The molecule has 1 aliphatic heterocycles. The number of halogens is 3. The van der Waals surface area contributed by atoms with Crippen LogP contribution in [0.5, 0.6) is 0 Å². The highest BCUT2D eigenvalue weighted by molar-refractivity contribution is 6.05. The van der Waals surface area contributed by atoms with Gasteiger partial charge in [-0.05, 0) is 23.8 Å². The molecule has 0 radical (unpaired) electrons. The number of amides is 1. The average molecular weight is 409 g/mol. The number of aromatic amines is 1. The van der Waals surface area contributed by atoms with Crippen LogP contribution in [0.1, 0.15) is 16.1 Å². The van der Waals surface area contributed by atoms with Gasteiger partial charge in [0.1, 0.15) is 23.0 Å². The topological polar surface area (TPSA) is 151 Å². The summed E-state index contributed by atoms with van der Waals surface area (Å²) < 4.78 is 41.8. The Balaban J connectivity index is 1.87. The van der Waals surface area contributed by atoms with Gasteiger partial charge in [-0.15, -0.1) is 0 Å². The van der Waals surface area contributed by atoms with E-state index in [1.807, 2.05) is 0 Å². The lowest BCUT2D eigenvalue weighted by Gasteiger charge is -2.33. The van der Waals surface area contributed by atoms with Crippen LogP contribution < -0.4 is 27.7 Å². The predicted octanol–water partition coefficient (Wildman–Crippen LogP) is 0.250. The third kappa shape index (κ3) is 4.37. The fourth-order valence-corrected chi connectivity index (χ4v) is 2.98. The number of nitrogens with one attached hydrogen (secondary N) is 3. The van der Waals surface area contributed by atoms with Crippen molar-refractivity contribution >= 4 is 23.2 Å². The first-order valence-electron chi connectivity index (χ1n) is 8.48. The molecule has 0 saturated carbocycles. The highest BCUT2D eigenvalue weighted by Gasteiger charge is 2.42. The molecular weight excluding hydrogens is 391 g/mol. The van der Waals surface area contributed by atoms with E-state index in [0.717, 1.165) is 12.3 Å². The number of nitrogens with zero attached hydrogens (tertiary/aromatic N) is 2. The van der Waals surface area contributed by atoms with Crippen molar-refractivity contribution in [1.82, 2.24) is 15.3 Å². The van der Waals surface area contributed by atoms with Crippen molar-refractivity contribution < 1.29 is 18.0 Å². The van der Waals surface area contributed by atoms with E-state index < -0.39 is 35.7 Å². The lowest BCUT2D eigenvalue weighted by Crippen LogP contribution is -2.54. The van der Waals surface area contributed by atoms with Crippen LogP contribution in [-0.4, -0.2) is 46.8 Å². The summed E-state index contributed by atoms with van der Waals surface area (Å²) in [6.45, 7) is -0.0140. The Kier molecular flexibility index (Phi) is 5.55. The predicted molar refractivity (Wildman–Crippen MR) is 101 cm³/mol. The van der Waals surface area contributed by atoms with Gasteiger partial charge in [-0.3, -0.25) is 14.6 Å². The molecule has 0 unspecified atom stereocenters. The molecule has 3 rings (SSSR count). The molecule has 0 fully saturated rings. The Hall–Kier alpha value is -3.41. The van der Waals surface area contributed by atoms with E-state index in [9.17, 15) is 22.8 Å². The first-order valence-corrected chi connectivity index (χ1v) is 8.48. The second kappa shape index (κ2) is 7.91. The van der Waals surface area contributed by atoms with Crippen molar-refractivity contribution in [2.24, 2.45) is 10.7 Å². The van der Waals surface area contributed by atoms with Crippen LogP contribution in [0, 0.1) is 5.82 Å². The number of alkyl halides is 2. The number of nitrogen functional groups attached to an aromatic ring is 1. The Labute approximate surface area is 162 Å². The minimum absolute atomic E-state index is 0.000958. The summed E-state index contributed by atoms with van der Waals surface area (Å²) in [5.74, 6) is -1.74. The maximum absolute atomic E-state index is 14.3. The number of amidine groups is 1. The van der Waals surface area contributed by atoms with Crippen molar-refractivity contribution in [2.75, 3.05) is 24.1 Å². The average Bonchev–Trinajstić information content (AvgIpc) is 2.64. The Morgan fingerprint density at radius 2 is 2.10 bits per heavy atom. The molecule has 1 aliphatic rings. The number of carbonyl (C=O) groups excluding carboxylic acids is 1. The monoisotopic (exact) mass is 409 g/mol. The fourth-order valence-electron chi connectivity index (χ4n) is 2.98. The second-order valence-electron chi connectivity index (χ2n) is 6.56. The van der Waals surface area contributed by atoms with E-state index in [4.69, 9.17) is 11.5 Å². The molecule has 1 aromatic carbocycles. The van der Waals surface area contributed by atoms with Crippen LogP contribution in [0.2, 0.25) is 0 Å². The van der Waals surface area contributed by atoms with Crippen molar-refractivity contribution in [3.63, 3.8) is 0 Å². The summed E-state index contributed by atoms with van der Waals surface area (Å²) in [5, 5.41) is 5.19. The number of benzene rings is 1. The second-order valence-corrected chi connectivity index (χ2v) is 6.56. The van der Waals surface area contributed by atoms with Crippen LogP contribution in [0.25, 0.3) is 0 Å². The van der Waals surface area contributed by atoms with Gasteiger partial charge in [0.2, 0.25) is 0 Å². The molecule has 12 heteroatoms. The molecule has 0 spiro atoms. The van der Waals surface area contributed by atoms with Crippen LogP contribution in [0.3, 0.4) is 0 Å². The molecule has 1 atom stereocenters. The minimum Gasteiger partial charge on any atom is -0.386 e. The summed E-state index contributed by atoms with van der Waals surface area (Å²) in [5.41, 5.74) is 8.45. The number of carbonyl (C=O) groups is 1. The highest BCUT2D eigenvalue weighted by Crippen LogP contribution is 2.29. The molecule has 154 valence electrons. The van der Waals surface area contributed by atoms with Gasteiger partial charge in [0.05, 0.1) is 12.7 Å². The minimum atomic E-state index is -2.89. The van der Waals surface area contributed by atoms with E-state index in [1.54, 1.807) is 0 Å². The summed E-state index contributed by atoms with van der Waals surface area (Å²) in [6, 6.07) is 3.51. The zero-order valence-corrected chi connectivity index (χ0v) is 15.0. The largest absolute Gasteiger partial charge is 0.386 e. The fraction of sp³-hybridized carbons (Fsp3) is 0.294. The van der Waals surface area contributed by atoms with Gasteiger partial charge in [0.15, 0.2) is 5.69 Å². The lowest BCUT2D eigenvalue weighted by atomic mass is 9.90. The van der Waals surface area contributed by atoms with E-state index in [-0.39, 0.29) is 41.7 Å². The zero-order valence-electron chi connectivity index (χ0n) is 15.0. The van der Waals surface area contributed by atoms with Crippen LogP contribution >= 0.6 is 0 Å². The van der Waals surface area contributed by atoms with E-state index in [0.29, 0.717) is 0 Å². The number of aromatic nitrogens is 2. The number of H-pyrrole nitrogens is 1. The number of nitrogens with two attached hydrogens (primary N) is 2. The molecule has 2 aromatic rings. The lowest BCUT2D eigenvalue weighted by molar-refractivity contribution is 0.0524. The number of anilines is 2. The molecule has 9 nitrogen and oxygen atoms in total. The van der Waals surface area contributed by atoms with Crippen LogP contribution in [0.4, 0.5) is 24.7 Å². The third-order valence-corrected chi connectivity index (χ3v) is 4.35. The molecule has 7 N–H and O–H groups in total. The highest BCUT2D eigenvalue weighted by atomic mass is 19.3. The zero-order chi connectivity index (χ0) is 21.2. The summed E-state index contributed by atoms with van der Waals surface area (Å²) in [7, 11) is 0. The van der Waals surface area contributed by atoms with E-state index in [2.05, 4.69) is 25.6 Å². The molecule has 0 bridgehead atoms. The van der Waals surface area contributed by atoms with Gasteiger partial charge >= 0.3 is 0 Å². The quantitative estimate of drug-likeness (QED) is 0.478. The van der Waals surface area contributed by atoms with Gasteiger partial charge < -0.3 is 27.1 Å². The van der Waals surface area contributed by atoms with Gasteiger partial charge in [-0.1, -0.05) is 0 Å². The maximum Gasteiger partial charge on any atom is 0.278 e. The number of hydrogen-bond acceptors (Lipinski definition) is 7. The van der Waals surface area contributed by atoms with Gasteiger partial charge in [-0.2, -0.15) is 0 Å². The first-order chi connectivity index (χ1) is 13.7. The van der Waals surface area contributed by atoms with Crippen molar-refractivity contribution in [3.8, 4) is 0 Å². The first kappa shape index (κ1) is 20.3. The Morgan fingerprint density at radius 1 is 1.34 bits per heavy atom. The molecule has 0 saturated heterocycles. The molecule has 29 heavy (non-hydrogen) atoms. The van der Waals surface area contributed by atoms with Crippen molar-refractivity contribution in [1.29, 1.82) is 0 Å². The normalized spacial score (nSPS) is 19.1. The van der Waals surface area contributed by atoms with Crippen molar-refractivity contribution in [3.05, 3.63) is 51.8 Å². The summed E-state index contributed by atoms with van der Waals surface area (Å²) in [4.78, 5) is 33.2. The molecule has 1 amide bonds. The van der Waals surface area contributed by atoms with E-state index >= 15 is 0 Å². The van der Waals surface area contributed by atoms with Gasteiger partial charge in [-0.25, -0.2) is 18.2 Å². The van der Waals surface area contributed by atoms with Gasteiger partial charge in [0, 0.05) is 18.7 Å². The Bertz CT molecular complexity index is 1020. The molecule has 0 aliphatic carbocycles. The standard InChI is InChI=1S/C17H18F3N7O2/c18-10-2-1-9(25-15(29)13-14(22)26-12(28)6-24-13)3-8(10)4-17(16(19)20)7-23-5-11(21)27-17/h1-3,6,16,23H,4-5,7H2,(H2,21,27)(H,25,29)(H3,22,26,28)/t17-/m1/s1. The van der Waals surface area contributed by atoms with E-state index in [1.165, 1.54) is 12.1 Å². The maximum atomic E-state index is 14.3. The van der Waals surface area contributed by atoms with Crippen molar-refractivity contribution in [2.45, 2.75) is 18.4 Å². The summed E-state index contributed by atoms with van der Waals surface area (Å²) in [6.07, 6.45) is -2.45.